The highest BCUT2D eigenvalue weighted by molar-refractivity contribution is 5.87. The number of aliphatic imine (C=N–C) groups is 1. The lowest BCUT2D eigenvalue weighted by Gasteiger charge is -2.46. The number of aliphatic hydroxyl groups excluding tert-OH is 1. The predicted molar refractivity (Wildman–Crippen MR) is 214 cm³/mol. The molecule has 0 saturated carbocycles. The molecule has 13 atom stereocenters. The van der Waals surface area contributed by atoms with Crippen LogP contribution in [0, 0.1) is 17.8 Å². The van der Waals surface area contributed by atoms with Crippen LogP contribution in [0.15, 0.2) is 52.9 Å². The molecule has 16 nitrogen and oxygen atoms in total. The van der Waals surface area contributed by atoms with E-state index < -0.39 is 71.7 Å². The number of carbonyl (C=O) groups excluding carboxylic acids is 2. The van der Waals surface area contributed by atoms with Crippen LogP contribution in [-0.4, -0.2) is 131 Å². The van der Waals surface area contributed by atoms with Crippen molar-refractivity contribution in [3.8, 4) is 5.69 Å². The molecule has 0 amide bonds. The summed E-state index contributed by atoms with van der Waals surface area (Å²) in [6.45, 7) is 13.1. The number of nitrogens with zero attached hydrogens (tertiary/aromatic N) is 5. The van der Waals surface area contributed by atoms with E-state index in [1.807, 2.05) is 90.1 Å². The van der Waals surface area contributed by atoms with Crippen LogP contribution in [0.5, 0.6) is 0 Å². The molecule has 2 aromatic rings. The topological polar surface area (TPSA) is 191 Å². The van der Waals surface area contributed by atoms with Crippen LogP contribution in [0.1, 0.15) is 79.7 Å². The Bertz CT molecular complexity index is 1770. The van der Waals surface area contributed by atoms with Crippen LogP contribution in [0.25, 0.3) is 5.69 Å². The molecule has 0 spiro atoms. The maximum Gasteiger partial charge on any atom is 0.311 e. The molecule has 58 heavy (non-hydrogen) atoms. The van der Waals surface area contributed by atoms with Gasteiger partial charge >= 0.3 is 5.97 Å². The van der Waals surface area contributed by atoms with Gasteiger partial charge in [0, 0.05) is 36.7 Å². The lowest BCUT2D eigenvalue weighted by Crippen LogP contribution is -2.58. The minimum Gasteiger partial charge on any atom is -0.458 e. The summed E-state index contributed by atoms with van der Waals surface area (Å²) in [6, 6.07) is 8.62. The minimum absolute atomic E-state index is 0.0262. The number of rotatable bonds is 8. The van der Waals surface area contributed by atoms with E-state index >= 15 is 0 Å². The Morgan fingerprint density at radius 3 is 2.48 bits per heavy atom. The van der Waals surface area contributed by atoms with Gasteiger partial charge in [-0.1, -0.05) is 38.1 Å². The standard InChI is InChI=1S/C42H62N6O10/c1-10-33-42(7)37(45-40(43)58-42)27(5)35(49)24(2)20-41(6)34(57-39-36(50)31(47(8)9)18-25(3)55-39)19-32(26(4)38(51)56-33)52-22-29(23-53-41)46-54-21-28-12-14-30(15-13-28)48-17-11-16-44-48/h11-17,24-27,31-34,36-37,39,50H,10,18-23H2,1-9H3,(H2,43,45)/b46-29+/t24-,25-,26-,27+,31+,32-,33-,34-,36-,37?,39?,41+,42?/m1/s1. The fourth-order valence-electron chi connectivity index (χ4n) is 8.85. The molecule has 320 valence electrons. The minimum atomic E-state index is -1.20. The molecule has 4 aliphatic heterocycles. The lowest BCUT2D eigenvalue weighted by atomic mass is 9.75. The van der Waals surface area contributed by atoms with E-state index in [0.29, 0.717) is 18.6 Å². The Morgan fingerprint density at radius 1 is 1.07 bits per heavy atom. The number of oxime groups is 1. The summed E-state index contributed by atoms with van der Waals surface area (Å²) < 4.78 is 40.6. The van der Waals surface area contributed by atoms with Gasteiger partial charge in [-0.2, -0.15) is 5.10 Å². The number of cyclic esters (lactones) is 1. The number of hydrogen-bond acceptors (Lipinski definition) is 15. The van der Waals surface area contributed by atoms with Gasteiger partial charge in [0.25, 0.3) is 6.02 Å². The molecule has 5 heterocycles. The van der Waals surface area contributed by atoms with Crippen LogP contribution in [0.2, 0.25) is 0 Å². The average molecular weight is 811 g/mol. The first-order chi connectivity index (χ1) is 27.5. The Morgan fingerprint density at radius 2 is 1.81 bits per heavy atom. The van der Waals surface area contributed by atoms with Crippen molar-refractivity contribution in [1.29, 1.82) is 0 Å². The quantitative estimate of drug-likeness (QED) is 0.290. The van der Waals surface area contributed by atoms with E-state index in [9.17, 15) is 14.7 Å². The van der Waals surface area contributed by atoms with E-state index in [-0.39, 0.29) is 56.6 Å². The number of benzene rings is 1. The first kappa shape index (κ1) is 43.6. The highest BCUT2D eigenvalue weighted by Gasteiger charge is 2.55. The molecular formula is C42H62N6O10. The van der Waals surface area contributed by atoms with Gasteiger partial charge in [0.15, 0.2) is 11.9 Å². The zero-order chi connectivity index (χ0) is 41.9. The predicted octanol–water partition coefficient (Wildman–Crippen LogP) is 3.80. The highest BCUT2D eigenvalue weighted by atomic mass is 16.7. The number of ether oxygens (including phenoxy) is 6. The maximum atomic E-state index is 14.5. The Hall–Kier alpha value is -3.93. The number of ketones is 1. The summed E-state index contributed by atoms with van der Waals surface area (Å²) in [4.78, 5) is 41.1. The summed E-state index contributed by atoms with van der Waals surface area (Å²) in [6.07, 6.45) is 0.266. The largest absolute Gasteiger partial charge is 0.458 e. The van der Waals surface area contributed by atoms with Gasteiger partial charge < -0.3 is 49.0 Å². The van der Waals surface area contributed by atoms with Gasteiger partial charge in [-0.25, -0.2) is 9.67 Å². The molecule has 3 unspecified atom stereocenters. The molecule has 3 saturated heterocycles. The number of amidine groups is 1. The number of aromatic nitrogens is 2. The van der Waals surface area contributed by atoms with Crippen LogP contribution >= 0.6 is 0 Å². The number of fused-ring (bicyclic) bond motifs is 4. The van der Waals surface area contributed by atoms with Crippen molar-refractivity contribution in [1.82, 2.24) is 14.7 Å². The van der Waals surface area contributed by atoms with Crippen LogP contribution in [0.4, 0.5) is 0 Å². The zero-order valence-corrected chi connectivity index (χ0v) is 35.3. The molecule has 4 aliphatic rings. The van der Waals surface area contributed by atoms with Crippen molar-refractivity contribution in [3.63, 3.8) is 0 Å². The second-order valence-corrected chi connectivity index (χ2v) is 17.0. The van der Waals surface area contributed by atoms with Gasteiger partial charge in [-0.3, -0.25) is 9.59 Å². The van der Waals surface area contributed by atoms with Crippen molar-refractivity contribution in [2.24, 2.45) is 33.6 Å². The molecular weight excluding hydrogens is 748 g/mol. The van der Waals surface area contributed by atoms with Gasteiger partial charge in [0.1, 0.15) is 36.4 Å². The lowest BCUT2D eigenvalue weighted by molar-refractivity contribution is -0.294. The van der Waals surface area contributed by atoms with Crippen molar-refractivity contribution < 1.29 is 48.0 Å². The van der Waals surface area contributed by atoms with E-state index in [1.165, 1.54) is 0 Å². The number of hydrogen-bond donors (Lipinski definition) is 2. The van der Waals surface area contributed by atoms with E-state index in [0.717, 1.165) is 11.3 Å². The van der Waals surface area contributed by atoms with Crippen molar-refractivity contribution in [3.05, 3.63) is 48.3 Å². The number of Topliss-reactive ketones (excluding diaryl/α,β-unsaturated/α-hetero) is 1. The first-order valence-electron chi connectivity index (χ1n) is 20.5. The normalized spacial score (nSPS) is 38.5. The molecule has 3 N–H and O–H groups in total. The zero-order valence-electron chi connectivity index (χ0n) is 35.3. The molecule has 0 aliphatic carbocycles. The number of carbonyl (C=O) groups is 2. The van der Waals surface area contributed by atoms with Crippen LogP contribution in [-0.2, 0) is 49.5 Å². The monoisotopic (exact) mass is 810 g/mol. The second kappa shape index (κ2) is 18.1. The number of aliphatic hydroxyl groups is 1. The second-order valence-electron chi connectivity index (χ2n) is 17.0. The molecule has 6 rings (SSSR count). The molecule has 1 aromatic heterocycles. The molecule has 0 radical (unpaired) electrons. The first-order valence-corrected chi connectivity index (χ1v) is 20.5. The van der Waals surface area contributed by atoms with Gasteiger partial charge in [-0.05, 0) is 84.8 Å². The molecule has 16 heteroatoms. The maximum absolute atomic E-state index is 14.5. The summed E-state index contributed by atoms with van der Waals surface area (Å²) in [5, 5.41) is 20.4. The van der Waals surface area contributed by atoms with Crippen molar-refractivity contribution >= 4 is 23.5 Å². The summed E-state index contributed by atoms with van der Waals surface area (Å²) in [7, 11) is 3.82. The molecule has 2 bridgehead atoms. The van der Waals surface area contributed by atoms with Gasteiger partial charge in [-0.15, -0.1) is 0 Å². The number of nitrogens with two attached hydrogens (primary N) is 1. The third-order valence-corrected chi connectivity index (χ3v) is 12.4. The van der Waals surface area contributed by atoms with Gasteiger partial charge in [0.2, 0.25) is 0 Å². The SMILES string of the molecule is CC[C@H]1OC(=O)[C@H](C)[C@H]2C[C@@H](OC3O[C@H](C)C[C@H](N(C)C)[C@H]3O)[C@](C)(C[C@@H](C)C(=O)[C@H](C)C3N=C(N)OC31C)OC/C(=N/OCc1ccc(-n3cccn3)cc1)CO2. The third-order valence-electron chi connectivity index (χ3n) is 12.4. The summed E-state index contributed by atoms with van der Waals surface area (Å²) >= 11 is 0. The Balaban J connectivity index is 1.35. The Labute approximate surface area is 341 Å². The summed E-state index contributed by atoms with van der Waals surface area (Å²) in [5.41, 5.74) is 6.00. The van der Waals surface area contributed by atoms with Crippen LogP contribution in [0.3, 0.4) is 0 Å². The highest BCUT2D eigenvalue weighted by Crippen LogP contribution is 2.41. The fourth-order valence-corrected chi connectivity index (χ4v) is 8.85. The van der Waals surface area contributed by atoms with E-state index in [2.05, 4.69) is 15.2 Å². The molecule has 3 fully saturated rings. The summed E-state index contributed by atoms with van der Waals surface area (Å²) in [5.74, 6) is -2.66. The number of esters is 1. The van der Waals surface area contributed by atoms with Crippen molar-refractivity contribution in [2.45, 2.75) is 141 Å². The average Bonchev–Trinajstić information content (AvgIpc) is 3.85. The fraction of sp³-hybridized carbons (Fsp3) is 0.690. The third kappa shape index (κ3) is 9.42. The van der Waals surface area contributed by atoms with Crippen LogP contribution < -0.4 is 5.73 Å². The van der Waals surface area contributed by atoms with Crippen molar-refractivity contribution in [2.75, 3.05) is 27.3 Å². The number of likely N-dealkylation sites (N-methyl/N-ethyl adjacent to an activating group) is 1. The van der Waals surface area contributed by atoms with E-state index in [4.69, 9.17) is 39.0 Å². The molecule has 1 aromatic carbocycles. The Kier molecular flexibility index (Phi) is 13.6. The van der Waals surface area contributed by atoms with Gasteiger partial charge in [0.05, 0.1) is 48.7 Å². The van der Waals surface area contributed by atoms with E-state index in [1.54, 1.807) is 24.7 Å². The smallest absolute Gasteiger partial charge is 0.311 e.